The molecule has 0 N–H and O–H groups in total. The number of ether oxygens (including phenoxy) is 1. The van der Waals surface area contributed by atoms with Crippen molar-refractivity contribution < 1.29 is 17.9 Å². The minimum absolute atomic E-state index is 0.231. The highest BCUT2D eigenvalue weighted by Crippen LogP contribution is 2.18. The Morgan fingerprint density at radius 3 is 2.52 bits per heavy atom. The minimum atomic E-state index is -4.47. The third kappa shape index (κ3) is 5.09. The van der Waals surface area contributed by atoms with E-state index >= 15 is 0 Å². The van der Waals surface area contributed by atoms with Crippen molar-refractivity contribution in [3.8, 4) is 17.3 Å². The van der Waals surface area contributed by atoms with Gasteiger partial charge in [0.05, 0.1) is 12.2 Å². The molecule has 27 heavy (non-hydrogen) atoms. The topological polar surface area (TPSA) is 82.8 Å². The molecule has 0 unspecified atom stereocenters. The van der Waals surface area contributed by atoms with Crippen LogP contribution in [0, 0.1) is 6.92 Å². The maximum atomic E-state index is 12.1. The fraction of sp³-hybridized carbons (Fsp3) is 0.235. The SMILES string of the molecule is Cc1cncc(Cn2nc(-c3cnc(OCC(F)(F)F)nc3)ccc2=O)c1. The Labute approximate surface area is 151 Å². The molecule has 140 valence electrons. The Balaban J connectivity index is 1.80. The van der Waals surface area contributed by atoms with Crippen LogP contribution < -0.4 is 10.3 Å². The summed E-state index contributed by atoms with van der Waals surface area (Å²) in [6.07, 6.45) is 1.44. The smallest absolute Gasteiger partial charge is 0.422 e. The Morgan fingerprint density at radius 2 is 1.85 bits per heavy atom. The number of hydrogen-bond donors (Lipinski definition) is 0. The van der Waals surface area contributed by atoms with Crippen molar-refractivity contribution in [3.05, 3.63) is 64.5 Å². The third-order valence-corrected chi connectivity index (χ3v) is 3.42. The summed E-state index contributed by atoms with van der Waals surface area (Å²) in [5.41, 5.74) is 2.31. The molecule has 0 atom stereocenters. The van der Waals surface area contributed by atoms with Crippen LogP contribution in [-0.4, -0.2) is 37.5 Å². The molecule has 0 fully saturated rings. The lowest BCUT2D eigenvalue weighted by Gasteiger charge is -2.09. The van der Waals surface area contributed by atoms with Crippen LogP contribution in [0.3, 0.4) is 0 Å². The molecule has 0 amide bonds. The van der Waals surface area contributed by atoms with E-state index in [1.807, 2.05) is 13.0 Å². The molecule has 0 aliphatic carbocycles. The summed E-state index contributed by atoms with van der Waals surface area (Å²) >= 11 is 0. The Hall–Kier alpha value is -3.30. The maximum Gasteiger partial charge on any atom is 0.422 e. The lowest BCUT2D eigenvalue weighted by molar-refractivity contribution is -0.154. The molecule has 3 aromatic rings. The number of alkyl halides is 3. The summed E-state index contributed by atoms with van der Waals surface area (Å²) in [5, 5.41) is 4.26. The van der Waals surface area contributed by atoms with Crippen LogP contribution in [0.1, 0.15) is 11.1 Å². The number of rotatable bonds is 5. The van der Waals surface area contributed by atoms with Gasteiger partial charge in [-0.15, -0.1) is 0 Å². The zero-order valence-corrected chi connectivity index (χ0v) is 14.1. The summed E-state index contributed by atoms with van der Waals surface area (Å²) < 4.78 is 42.2. The van der Waals surface area contributed by atoms with Crippen molar-refractivity contribution in [1.82, 2.24) is 24.7 Å². The van der Waals surface area contributed by atoms with Crippen LogP contribution in [-0.2, 0) is 6.54 Å². The monoisotopic (exact) mass is 377 g/mol. The van der Waals surface area contributed by atoms with Gasteiger partial charge in [-0.3, -0.25) is 9.78 Å². The lowest BCUT2D eigenvalue weighted by atomic mass is 10.2. The largest absolute Gasteiger partial charge is 0.454 e. The lowest BCUT2D eigenvalue weighted by Crippen LogP contribution is -2.23. The molecule has 0 aliphatic rings. The van der Waals surface area contributed by atoms with E-state index in [0.29, 0.717) is 11.3 Å². The van der Waals surface area contributed by atoms with Crippen LogP contribution >= 0.6 is 0 Å². The van der Waals surface area contributed by atoms with E-state index in [4.69, 9.17) is 0 Å². The summed E-state index contributed by atoms with van der Waals surface area (Å²) in [5.74, 6) is 0. The third-order valence-electron chi connectivity index (χ3n) is 3.42. The van der Waals surface area contributed by atoms with Gasteiger partial charge in [-0.05, 0) is 24.1 Å². The van der Waals surface area contributed by atoms with Gasteiger partial charge in [0, 0.05) is 36.4 Å². The van der Waals surface area contributed by atoms with Crippen molar-refractivity contribution in [1.29, 1.82) is 0 Å². The molecule has 0 aromatic carbocycles. The van der Waals surface area contributed by atoms with Crippen molar-refractivity contribution in [2.24, 2.45) is 0 Å². The van der Waals surface area contributed by atoms with Crippen LogP contribution in [0.2, 0.25) is 0 Å². The second kappa shape index (κ2) is 7.52. The van der Waals surface area contributed by atoms with Gasteiger partial charge in [0.1, 0.15) is 0 Å². The predicted molar refractivity (Wildman–Crippen MR) is 89.1 cm³/mol. The van der Waals surface area contributed by atoms with Gasteiger partial charge in [-0.1, -0.05) is 6.07 Å². The summed E-state index contributed by atoms with van der Waals surface area (Å²) in [6.45, 7) is 0.651. The average molecular weight is 377 g/mol. The zero-order chi connectivity index (χ0) is 19.4. The van der Waals surface area contributed by atoms with E-state index in [1.54, 1.807) is 12.4 Å². The van der Waals surface area contributed by atoms with Gasteiger partial charge in [-0.25, -0.2) is 14.6 Å². The Morgan fingerprint density at radius 1 is 1.11 bits per heavy atom. The standard InChI is InChI=1S/C17H14F3N5O2/c1-11-4-12(6-21-5-11)9-25-15(26)3-2-14(24-25)13-7-22-16(23-8-13)27-10-17(18,19)20/h2-8H,9-10H2,1H3. The maximum absolute atomic E-state index is 12.1. The first-order valence-electron chi connectivity index (χ1n) is 7.81. The van der Waals surface area contributed by atoms with Gasteiger partial charge in [0.15, 0.2) is 6.61 Å². The molecular weight excluding hydrogens is 363 g/mol. The zero-order valence-electron chi connectivity index (χ0n) is 14.1. The van der Waals surface area contributed by atoms with Crippen LogP contribution in [0.15, 0.2) is 47.8 Å². The molecule has 3 rings (SSSR count). The molecule has 10 heteroatoms. The Bertz CT molecular complexity index is 987. The molecule has 3 heterocycles. The van der Waals surface area contributed by atoms with E-state index < -0.39 is 18.8 Å². The number of hydrogen-bond acceptors (Lipinski definition) is 6. The molecule has 0 bridgehead atoms. The van der Waals surface area contributed by atoms with Gasteiger partial charge in [0.25, 0.3) is 5.56 Å². The average Bonchev–Trinajstić information content (AvgIpc) is 2.62. The first-order chi connectivity index (χ1) is 12.8. The fourth-order valence-corrected chi connectivity index (χ4v) is 2.26. The predicted octanol–water partition coefficient (Wildman–Crippen LogP) is 2.39. The normalized spacial score (nSPS) is 11.4. The first-order valence-corrected chi connectivity index (χ1v) is 7.81. The number of pyridine rings is 1. The second-order valence-electron chi connectivity index (χ2n) is 5.74. The van der Waals surface area contributed by atoms with Crippen molar-refractivity contribution in [3.63, 3.8) is 0 Å². The number of aryl methyl sites for hydroxylation is 1. The highest BCUT2D eigenvalue weighted by Gasteiger charge is 2.28. The van der Waals surface area contributed by atoms with Crippen LogP contribution in [0.25, 0.3) is 11.3 Å². The summed E-state index contributed by atoms with van der Waals surface area (Å²) in [4.78, 5) is 23.6. The fourth-order valence-electron chi connectivity index (χ4n) is 2.26. The summed E-state index contributed by atoms with van der Waals surface area (Å²) in [7, 11) is 0. The number of aromatic nitrogens is 5. The molecule has 0 saturated heterocycles. The quantitative estimate of drug-likeness (QED) is 0.679. The van der Waals surface area contributed by atoms with E-state index in [1.165, 1.54) is 29.2 Å². The van der Waals surface area contributed by atoms with Gasteiger partial charge in [-0.2, -0.15) is 18.3 Å². The highest BCUT2D eigenvalue weighted by atomic mass is 19.4. The van der Waals surface area contributed by atoms with Gasteiger partial charge in [0.2, 0.25) is 0 Å². The first kappa shape index (κ1) is 18.5. The van der Waals surface area contributed by atoms with E-state index in [0.717, 1.165) is 11.1 Å². The van der Waals surface area contributed by atoms with Crippen molar-refractivity contribution in [2.45, 2.75) is 19.6 Å². The van der Waals surface area contributed by atoms with E-state index in [2.05, 4.69) is 24.8 Å². The van der Waals surface area contributed by atoms with Crippen LogP contribution in [0.4, 0.5) is 13.2 Å². The molecule has 3 aromatic heterocycles. The van der Waals surface area contributed by atoms with Crippen LogP contribution in [0.5, 0.6) is 6.01 Å². The van der Waals surface area contributed by atoms with E-state index in [9.17, 15) is 18.0 Å². The van der Waals surface area contributed by atoms with Crippen molar-refractivity contribution in [2.75, 3.05) is 6.61 Å². The Kier molecular flexibility index (Phi) is 5.15. The molecule has 0 aliphatic heterocycles. The second-order valence-corrected chi connectivity index (χ2v) is 5.74. The van der Waals surface area contributed by atoms with Gasteiger partial charge >= 0.3 is 12.2 Å². The molecule has 0 saturated carbocycles. The summed E-state index contributed by atoms with van der Waals surface area (Å²) in [6, 6.07) is 4.33. The molecular formula is C17H14F3N5O2. The number of nitrogens with zero attached hydrogens (tertiary/aromatic N) is 5. The molecule has 7 nitrogen and oxygen atoms in total. The van der Waals surface area contributed by atoms with Crippen molar-refractivity contribution >= 4 is 0 Å². The molecule has 0 spiro atoms. The van der Waals surface area contributed by atoms with Gasteiger partial charge < -0.3 is 4.74 Å². The minimum Gasteiger partial charge on any atom is -0.454 e. The number of halogens is 3. The van der Waals surface area contributed by atoms with E-state index in [-0.39, 0.29) is 12.1 Å². The highest BCUT2D eigenvalue weighted by molar-refractivity contribution is 5.55. The molecule has 0 radical (unpaired) electrons.